The lowest BCUT2D eigenvalue weighted by Gasteiger charge is -2.56. The zero-order valence-electron chi connectivity index (χ0n) is 14.2. The molecule has 1 atom stereocenters. The minimum Gasteiger partial charge on any atom is -0.377 e. The van der Waals surface area contributed by atoms with Crippen molar-refractivity contribution in [2.24, 2.45) is 23.2 Å². The summed E-state index contributed by atoms with van der Waals surface area (Å²) in [5.41, 5.74) is 0.460. The molecule has 1 N–H and O–H groups in total. The number of nitrogens with one attached hydrogen (secondary N) is 1. The van der Waals surface area contributed by atoms with Gasteiger partial charge in [-0.3, -0.25) is 4.79 Å². The second-order valence-corrected chi connectivity index (χ2v) is 9.73. The van der Waals surface area contributed by atoms with Gasteiger partial charge in [-0.15, -0.1) is 11.8 Å². The van der Waals surface area contributed by atoms with Crippen molar-refractivity contribution >= 4 is 17.7 Å². The van der Waals surface area contributed by atoms with Crippen LogP contribution in [-0.2, 0) is 9.53 Å². The van der Waals surface area contributed by atoms with Gasteiger partial charge in [-0.1, -0.05) is 0 Å². The van der Waals surface area contributed by atoms with E-state index in [-0.39, 0.29) is 5.91 Å². The monoisotopic (exact) mass is 337 g/mol. The Morgan fingerprint density at radius 2 is 1.78 bits per heavy atom. The molecule has 1 saturated heterocycles. The van der Waals surface area contributed by atoms with Crippen molar-refractivity contribution in [3.05, 3.63) is 0 Å². The van der Waals surface area contributed by atoms with Gasteiger partial charge in [-0.2, -0.15) is 0 Å². The molecule has 1 amide bonds. The van der Waals surface area contributed by atoms with Gasteiger partial charge < -0.3 is 10.1 Å². The van der Waals surface area contributed by atoms with E-state index in [1.165, 1.54) is 57.8 Å². The number of thioether (sulfide) groups is 1. The SMILES string of the molecule is O=C(CSCC1CCCCO1)NCC12CC3CC(CC(C3)C1)C2. The molecule has 4 saturated carbocycles. The number of hydrogen-bond acceptors (Lipinski definition) is 3. The van der Waals surface area contributed by atoms with Gasteiger partial charge in [-0.25, -0.2) is 0 Å². The van der Waals surface area contributed by atoms with Gasteiger partial charge in [0.15, 0.2) is 0 Å². The van der Waals surface area contributed by atoms with Crippen LogP contribution < -0.4 is 5.32 Å². The molecule has 5 fully saturated rings. The van der Waals surface area contributed by atoms with Crippen LogP contribution in [0.3, 0.4) is 0 Å². The number of ether oxygens (including phenoxy) is 1. The highest BCUT2D eigenvalue weighted by Gasteiger charge is 2.50. The first-order chi connectivity index (χ1) is 11.2. The van der Waals surface area contributed by atoms with E-state index in [1.54, 1.807) is 11.8 Å². The minimum atomic E-state index is 0.238. The summed E-state index contributed by atoms with van der Waals surface area (Å²) in [7, 11) is 0. The first kappa shape index (κ1) is 16.3. The fourth-order valence-corrected chi connectivity index (χ4v) is 7.00. The highest BCUT2D eigenvalue weighted by atomic mass is 32.2. The Morgan fingerprint density at radius 3 is 2.39 bits per heavy atom. The normalized spacial score (nSPS) is 41.9. The van der Waals surface area contributed by atoms with Gasteiger partial charge in [0.05, 0.1) is 11.9 Å². The van der Waals surface area contributed by atoms with E-state index in [2.05, 4.69) is 5.32 Å². The lowest BCUT2D eigenvalue weighted by molar-refractivity contribution is -0.120. The van der Waals surface area contributed by atoms with Crippen molar-refractivity contribution in [2.45, 2.75) is 63.9 Å². The summed E-state index contributed by atoms with van der Waals surface area (Å²) in [5, 5.41) is 3.28. The third-order valence-electron chi connectivity index (χ3n) is 6.64. The molecule has 1 unspecified atom stereocenters. The van der Waals surface area contributed by atoms with Crippen molar-refractivity contribution in [3.63, 3.8) is 0 Å². The molecule has 0 aromatic heterocycles. The van der Waals surface area contributed by atoms with Crippen LogP contribution in [-0.4, -0.2) is 36.7 Å². The second kappa shape index (κ2) is 6.95. The van der Waals surface area contributed by atoms with Gasteiger partial charge >= 0.3 is 0 Å². The summed E-state index contributed by atoms with van der Waals surface area (Å²) in [5.74, 6) is 4.72. The topological polar surface area (TPSA) is 38.3 Å². The lowest BCUT2D eigenvalue weighted by atomic mass is 9.49. The first-order valence-corrected chi connectivity index (χ1v) is 10.8. The van der Waals surface area contributed by atoms with Gasteiger partial charge in [-0.05, 0) is 81.0 Å². The van der Waals surface area contributed by atoms with E-state index < -0.39 is 0 Å². The quantitative estimate of drug-likeness (QED) is 0.804. The van der Waals surface area contributed by atoms with Crippen molar-refractivity contribution in [3.8, 4) is 0 Å². The van der Waals surface area contributed by atoms with Crippen LogP contribution in [0.1, 0.15) is 57.8 Å². The average molecular weight is 338 g/mol. The number of hydrogen-bond donors (Lipinski definition) is 1. The first-order valence-electron chi connectivity index (χ1n) is 9.67. The molecular weight excluding hydrogens is 306 g/mol. The Morgan fingerprint density at radius 1 is 1.09 bits per heavy atom. The van der Waals surface area contributed by atoms with Crippen molar-refractivity contribution in [2.75, 3.05) is 24.7 Å². The van der Waals surface area contributed by atoms with E-state index in [0.29, 0.717) is 17.3 Å². The van der Waals surface area contributed by atoms with Gasteiger partial charge in [0, 0.05) is 18.9 Å². The van der Waals surface area contributed by atoms with Gasteiger partial charge in [0.2, 0.25) is 5.91 Å². The van der Waals surface area contributed by atoms with Crippen LogP contribution in [0.25, 0.3) is 0 Å². The smallest absolute Gasteiger partial charge is 0.230 e. The molecule has 4 bridgehead atoms. The third kappa shape index (κ3) is 3.89. The van der Waals surface area contributed by atoms with Crippen LogP contribution in [0.15, 0.2) is 0 Å². The zero-order chi connectivity index (χ0) is 15.7. The molecule has 130 valence electrons. The fourth-order valence-electron chi connectivity index (χ4n) is 6.07. The van der Waals surface area contributed by atoms with Crippen molar-refractivity contribution in [1.29, 1.82) is 0 Å². The highest BCUT2D eigenvalue weighted by molar-refractivity contribution is 7.99. The molecule has 0 radical (unpaired) electrons. The Hall–Kier alpha value is -0.220. The molecule has 23 heavy (non-hydrogen) atoms. The van der Waals surface area contributed by atoms with E-state index in [0.717, 1.165) is 36.7 Å². The van der Waals surface area contributed by atoms with Crippen molar-refractivity contribution in [1.82, 2.24) is 5.32 Å². The van der Waals surface area contributed by atoms with Gasteiger partial charge in [0.1, 0.15) is 0 Å². The van der Waals surface area contributed by atoms with Crippen molar-refractivity contribution < 1.29 is 9.53 Å². The molecule has 5 aliphatic rings. The lowest BCUT2D eigenvalue weighted by Crippen LogP contribution is -2.51. The summed E-state index contributed by atoms with van der Waals surface area (Å²) < 4.78 is 5.73. The molecule has 0 aromatic carbocycles. The molecule has 1 heterocycles. The highest BCUT2D eigenvalue weighted by Crippen LogP contribution is 2.59. The third-order valence-corrected chi connectivity index (χ3v) is 7.71. The Kier molecular flexibility index (Phi) is 4.91. The summed E-state index contributed by atoms with van der Waals surface area (Å²) in [6, 6.07) is 0. The number of rotatable bonds is 6. The molecule has 1 aliphatic heterocycles. The molecule has 5 rings (SSSR count). The average Bonchev–Trinajstić information content (AvgIpc) is 2.53. The fraction of sp³-hybridized carbons (Fsp3) is 0.947. The maximum Gasteiger partial charge on any atom is 0.230 e. The predicted molar refractivity (Wildman–Crippen MR) is 94.5 cm³/mol. The summed E-state index contributed by atoms with van der Waals surface area (Å²) in [4.78, 5) is 12.2. The van der Waals surface area contributed by atoms with Crippen LogP contribution in [0, 0.1) is 23.2 Å². The number of carbonyl (C=O) groups excluding carboxylic acids is 1. The molecule has 0 spiro atoms. The summed E-state index contributed by atoms with van der Waals surface area (Å²) >= 11 is 1.75. The van der Waals surface area contributed by atoms with E-state index in [1.807, 2.05) is 0 Å². The second-order valence-electron chi connectivity index (χ2n) is 8.70. The van der Waals surface area contributed by atoms with E-state index >= 15 is 0 Å². The Balaban J connectivity index is 1.18. The van der Waals surface area contributed by atoms with Crippen LogP contribution in [0.4, 0.5) is 0 Å². The largest absolute Gasteiger partial charge is 0.377 e. The molecule has 3 nitrogen and oxygen atoms in total. The number of carbonyl (C=O) groups is 1. The van der Waals surface area contributed by atoms with E-state index in [9.17, 15) is 4.79 Å². The zero-order valence-corrected chi connectivity index (χ0v) is 15.0. The predicted octanol–water partition coefficient (Wildman–Crippen LogP) is 3.62. The van der Waals surface area contributed by atoms with Crippen LogP contribution >= 0.6 is 11.8 Å². The number of amides is 1. The maximum absolute atomic E-state index is 12.2. The van der Waals surface area contributed by atoms with E-state index in [4.69, 9.17) is 4.74 Å². The minimum absolute atomic E-state index is 0.238. The molecule has 4 heteroatoms. The standard InChI is InChI=1S/C19H31NO2S/c21-18(12-23-11-17-3-1-2-4-22-17)20-13-19-8-14-5-15(9-19)7-16(6-14)10-19/h14-17H,1-13H2,(H,20,21). The summed E-state index contributed by atoms with van der Waals surface area (Å²) in [6.45, 7) is 1.85. The van der Waals surface area contributed by atoms with Crippen LogP contribution in [0.2, 0.25) is 0 Å². The van der Waals surface area contributed by atoms with Crippen LogP contribution in [0.5, 0.6) is 0 Å². The molecule has 4 aliphatic carbocycles. The molecule has 0 aromatic rings. The maximum atomic E-state index is 12.2. The Labute approximate surface area is 144 Å². The molecular formula is C19H31NO2S. The van der Waals surface area contributed by atoms with Gasteiger partial charge in [0.25, 0.3) is 0 Å². The summed E-state index contributed by atoms with van der Waals surface area (Å²) in [6.07, 6.45) is 12.6. The Bertz CT molecular complexity index is 398.